The lowest BCUT2D eigenvalue weighted by Crippen LogP contribution is -2.24. The van der Waals surface area contributed by atoms with E-state index in [1.165, 1.54) is 5.48 Å². The summed E-state index contributed by atoms with van der Waals surface area (Å²) >= 11 is 0. The van der Waals surface area contributed by atoms with Crippen LogP contribution < -0.4 is 11.2 Å². The number of halogens is 2. The van der Waals surface area contributed by atoms with Crippen LogP contribution >= 0.6 is 0 Å². The zero-order valence-corrected chi connectivity index (χ0v) is 7.25. The molecule has 0 heterocycles. The minimum atomic E-state index is -1.32. The Labute approximate surface area is 82.5 Å². The lowest BCUT2D eigenvalue weighted by Gasteiger charge is -2.05. The Morgan fingerprint density at radius 2 is 1.67 bits per heavy atom. The normalized spacial score (nSPS) is 9.80. The second-order valence-corrected chi connectivity index (χ2v) is 2.62. The van der Waals surface area contributed by atoms with Gasteiger partial charge in [-0.3, -0.25) is 14.8 Å². The Kier molecular flexibility index (Phi) is 2.96. The van der Waals surface area contributed by atoms with Crippen molar-refractivity contribution in [3.05, 3.63) is 34.9 Å². The predicted octanol–water partition coefficient (Wildman–Crippen LogP) is 0.183. The van der Waals surface area contributed by atoms with Gasteiger partial charge in [0.1, 0.15) is 0 Å². The molecule has 2 amide bonds. The van der Waals surface area contributed by atoms with Crippen molar-refractivity contribution in [3.8, 4) is 0 Å². The summed E-state index contributed by atoms with van der Waals surface area (Å²) in [5.41, 5.74) is 4.97. The molecular weight excluding hydrogens is 210 g/mol. The summed E-state index contributed by atoms with van der Waals surface area (Å²) in [5.74, 6) is -4.88. The van der Waals surface area contributed by atoms with Gasteiger partial charge in [0.25, 0.3) is 5.91 Å². The van der Waals surface area contributed by atoms with Crippen molar-refractivity contribution in [1.29, 1.82) is 0 Å². The molecule has 0 radical (unpaired) electrons. The molecule has 0 spiro atoms. The quantitative estimate of drug-likeness (QED) is 0.486. The van der Waals surface area contributed by atoms with E-state index in [2.05, 4.69) is 0 Å². The van der Waals surface area contributed by atoms with Crippen LogP contribution in [0, 0.1) is 11.6 Å². The summed E-state index contributed by atoms with van der Waals surface area (Å²) in [6, 6.07) is 0.962. The molecule has 0 fully saturated rings. The largest absolute Gasteiger partial charge is 0.366 e. The maximum absolute atomic E-state index is 12.7. The van der Waals surface area contributed by atoms with Crippen molar-refractivity contribution >= 4 is 11.8 Å². The molecule has 4 N–H and O–H groups in total. The van der Waals surface area contributed by atoms with Gasteiger partial charge in [-0.1, -0.05) is 0 Å². The third kappa shape index (κ3) is 2.08. The van der Waals surface area contributed by atoms with Gasteiger partial charge in [0.05, 0.1) is 11.1 Å². The Hall–Kier alpha value is -2.02. The van der Waals surface area contributed by atoms with Gasteiger partial charge in [-0.2, -0.15) is 0 Å². The molecule has 0 aliphatic heterocycles. The number of hydroxylamine groups is 1. The lowest BCUT2D eigenvalue weighted by atomic mass is 10.1. The third-order valence-corrected chi connectivity index (χ3v) is 1.67. The van der Waals surface area contributed by atoms with Crippen LogP contribution in [0.25, 0.3) is 0 Å². The topological polar surface area (TPSA) is 92.4 Å². The van der Waals surface area contributed by atoms with E-state index in [1.807, 2.05) is 0 Å². The molecule has 0 atom stereocenters. The fraction of sp³-hybridized carbons (Fsp3) is 0. The van der Waals surface area contributed by atoms with Crippen LogP contribution in [0.3, 0.4) is 0 Å². The van der Waals surface area contributed by atoms with E-state index in [-0.39, 0.29) is 0 Å². The van der Waals surface area contributed by atoms with Crippen molar-refractivity contribution in [1.82, 2.24) is 5.48 Å². The summed E-state index contributed by atoms with van der Waals surface area (Å²) in [7, 11) is 0. The third-order valence-electron chi connectivity index (χ3n) is 1.67. The highest BCUT2D eigenvalue weighted by Crippen LogP contribution is 2.14. The highest BCUT2D eigenvalue weighted by molar-refractivity contribution is 6.06. The van der Waals surface area contributed by atoms with E-state index >= 15 is 0 Å². The predicted molar refractivity (Wildman–Crippen MR) is 44.1 cm³/mol. The van der Waals surface area contributed by atoms with Gasteiger partial charge in [0.2, 0.25) is 5.91 Å². The first-order valence-corrected chi connectivity index (χ1v) is 3.70. The van der Waals surface area contributed by atoms with Gasteiger partial charge >= 0.3 is 0 Å². The van der Waals surface area contributed by atoms with Crippen LogP contribution in [0.15, 0.2) is 12.1 Å². The standard InChI is InChI=1S/C8H6F2N2O3/c9-5-1-3(7(11)13)4(2-6(5)10)8(14)12-15/h1-2,15H,(H2,11,13)(H,12,14). The number of benzene rings is 1. The van der Waals surface area contributed by atoms with Crippen molar-refractivity contribution < 1.29 is 23.6 Å². The molecule has 0 aromatic heterocycles. The Bertz CT molecular complexity index is 434. The van der Waals surface area contributed by atoms with Gasteiger partial charge in [-0.15, -0.1) is 0 Å². The van der Waals surface area contributed by atoms with E-state index in [0.29, 0.717) is 12.1 Å². The fourth-order valence-corrected chi connectivity index (χ4v) is 0.999. The van der Waals surface area contributed by atoms with Crippen molar-refractivity contribution in [3.63, 3.8) is 0 Å². The number of amides is 2. The van der Waals surface area contributed by atoms with Crippen LogP contribution in [0.4, 0.5) is 8.78 Å². The molecular formula is C8H6F2N2O3. The summed E-state index contributed by atoms with van der Waals surface area (Å²) in [6.45, 7) is 0. The molecule has 80 valence electrons. The monoisotopic (exact) mass is 216 g/mol. The van der Waals surface area contributed by atoms with Crippen molar-refractivity contribution in [2.24, 2.45) is 5.73 Å². The number of nitrogens with two attached hydrogens (primary N) is 1. The van der Waals surface area contributed by atoms with E-state index in [1.54, 1.807) is 0 Å². The minimum Gasteiger partial charge on any atom is -0.366 e. The summed E-state index contributed by atoms with van der Waals surface area (Å²) in [5, 5.41) is 8.29. The summed E-state index contributed by atoms with van der Waals surface area (Å²) < 4.78 is 25.4. The number of hydrogen-bond acceptors (Lipinski definition) is 3. The first-order valence-electron chi connectivity index (χ1n) is 3.70. The zero-order valence-electron chi connectivity index (χ0n) is 7.25. The van der Waals surface area contributed by atoms with Crippen molar-refractivity contribution in [2.45, 2.75) is 0 Å². The molecule has 7 heteroatoms. The minimum absolute atomic E-state index is 0.473. The van der Waals surface area contributed by atoms with E-state index < -0.39 is 34.6 Å². The van der Waals surface area contributed by atoms with Gasteiger partial charge in [-0.05, 0) is 12.1 Å². The van der Waals surface area contributed by atoms with Crippen LogP contribution in [0.1, 0.15) is 20.7 Å². The van der Waals surface area contributed by atoms with E-state index in [9.17, 15) is 18.4 Å². The SMILES string of the molecule is NC(=O)c1cc(F)c(F)cc1C(=O)NO. The number of hydrogen-bond donors (Lipinski definition) is 3. The molecule has 5 nitrogen and oxygen atoms in total. The lowest BCUT2D eigenvalue weighted by molar-refractivity contribution is 0.0702. The van der Waals surface area contributed by atoms with E-state index in [4.69, 9.17) is 10.9 Å². The van der Waals surface area contributed by atoms with Crippen LogP contribution in [-0.4, -0.2) is 17.0 Å². The Morgan fingerprint density at radius 3 is 2.07 bits per heavy atom. The van der Waals surface area contributed by atoms with Gasteiger partial charge in [-0.25, -0.2) is 14.3 Å². The van der Waals surface area contributed by atoms with Crippen LogP contribution in [-0.2, 0) is 0 Å². The zero-order chi connectivity index (χ0) is 11.6. The molecule has 0 bridgehead atoms. The van der Waals surface area contributed by atoms with E-state index in [0.717, 1.165) is 0 Å². The van der Waals surface area contributed by atoms with Crippen LogP contribution in [0.2, 0.25) is 0 Å². The van der Waals surface area contributed by atoms with Gasteiger partial charge in [0, 0.05) is 0 Å². The first kappa shape index (κ1) is 11.1. The Morgan fingerprint density at radius 1 is 1.20 bits per heavy atom. The number of rotatable bonds is 2. The fourth-order valence-electron chi connectivity index (χ4n) is 0.999. The maximum Gasteiger partial charge on any atom is 0.275 e. The maximum atomic E-state index is 12.7. The first-order chi connectivity index (χ1) is 6.97. The highest BCUT2D eigenvalue weighted by atomic mass is 19.2. The number of primary amides is 1. The van der Waals surface area contributed by atoms with Crippen LogP contribution in [0.5, 0.6) is 0 Å². The smallest absolute Gasteiger partial charge is 0.275 e. The molecule has 0 unspecified atom stereocenters. The average molecular weight is 216 g/mol. The van der Waals surface area contributed by atoms with Gasteiger partial charge < -0.3 is 5.73 Å². The molecule has 1 rings (SSSR count). The molecule has 1 aromatic carbocycles. The second-order valence-electron chi connectivity index (χ2n) is 2.62. The number of carbonyl (C=O) groups excluding carboxylic acids is 2. The average Bonchev–Trinajstić information content (AvgIpc) is 2.20. The summed E-state index contributed by atoms with van der Waals surface area (Å²) in [6.07, 6.45) is 0. The molecule has 0 saturated carbocycles. The van der Waals surface area contributed by atoms with Gasteiger partial charge in [0.15, 0.2) is 11.6 Å². The molecule has 0 aliphatic rings. The Balaban J connectivity index is 3.41. The molecule has 1 aromatic rings. The second kappa shape index (κ2) is 4.01. The van der Waals surface area contributed by atoms with Crippen molar-refractivity contribution in [2.75, 3.05) is 0 Å². The molecule has 0 saturated heterocycles. The highest BCUT2D eigenvalue weighted by Gasteiger charge is 2.18. The molecule has 0 aliphatic carbocycles. The summed E-state index contributed by atoms with van der Waals surface area (Å²) in [4.78, 5) is 21.7. The number of carbonyl (C=O) groups is 2. The molecule has 15 heavy (non-hydrogen) atoms. The number of nitrogens with one attached hydrogen (secondary N) is 1.